The van der Waals surface area contributed by atoms with Crippen LogP contribution < -0.4 is 0 Å². The van der Waals surface area contributed by atoms with E-state index in [1.165, 1.54) is 32.3 Å². The molecule has 0 bridgehead atoms. The van der Waals surface area contributed by atoms with E-state index >= 15 is 0 Å². The molecule has 0 radical (unpaired) electrons. The SMILES string of the molecule is Brc1cc2cccc3ccc4c(-c5ccc6ccc7cccnc7c6n5)ccc1c4c32. The Bertz CT molecular complexity index is 1800. The van der Waals surface area contributed by atoms with Gasteiger partial charge in [0.25, 0.3) is 0 Å². The van der Waals surface area contributed by atoms with Crippen molar-refractivity contribution in [2.45, 2.75) is 0 Å². The molecule has 3 heteroatoms. The number of hydrogen-bond donors (Lipinski definition) is 0. The lowest BCUT2D eigenvalue weighted by molar-refractivity contribution is 1.37. The number of fused-ring (bicyclic) bond motifs is 3. The molecule has 0 amide bonds. The fraction of sp³-hybridized carbons (Fsp3) is 0. The van der Waals surface area contributed by atoms with E-state index < -0.39 is 0 Å². The molecule has 7 rings (SSSR count). The van der Waals surface area contributed by atoms with Crippen LogP contribution >= 0.6 is 15.9 Å². The average Bonchev–Trinajstić information content (AvgIpc) is 2.82. The van der Waals surface area contributed by atoms with E-state index in [0.29, 0.717) is 0 Å². The van der Waals surface area contributed by atoms with Crippen LogP contribution in [0.4, 0.5) is 0 Å². The highest BCUT2D eigenvalue weighted by molar-refractivity contribution is 9.10. The maximum atomic E-state index is 5.10. The molecule has 31 heavy (non-hydrogen) atoms. The van der Waals surface area contributed by atoms with Gasteiger partial charge in [0.05, 0.1) is 16.7 Å². The summed E-state index contributed by atoms with van der Waals surface area (Å²) < 4.78 is 1.12. The molecule has 2 nitrogen and oxygen atoms in total. The van der Waals surface area contributed by atoms with Crippen LogP contribution in [0.1, 0.15) is 0 Å². The van der Waals surface area contributed by atoms with Crippen LogP contribution in [0, 0.1) is 0 Å². The lowest BCUT2D eigenvalue weighted by Crippen LogP contribution is -1.91. The molecule has 0 saturated carbocycles. The Morgan fingerprint density at radius 1 is 0.581 bits per heavy atom. The Labute approximate surface area is 186 Å². The molecule has 0 fully saturated rings. The van der Waals surface area contributed by atoms with Gasteiger partial charge in [-0.15, -0.1) is 0 Å². The average molecular weight is 459 g/mol. The summed E-state index contributed by atoms with van der Waals surface area (Å²) in [6.07, 6.45) is 1.84. The number of pyridine rings is 2. The van der Waals surface area contributed by atoms with Crippen molar-refractivity contribution in [3.05, 3.63) is 95.6 Å². The first kappa shape index (κ1) is 17.2. The fourth-order valence-electron chi connectivity index (χ4n) is 4.88. The van der Waals surface area contributed by atoms with E-state index in [1.54, 1.807) is 0 Å². The van der Waals surface area contributed by atoms with Crippen LogP contribution in [-0.2, 0) is 0 Å². The molecule has 0 N–H and O–H groups in total. The van der Waals surface area contributed by atoms with Crippen molar-refractivity contribution in [1.82, 2.24) is 9.97 Å². The number of benzene rings is 5. The van der Waals surface area contributed by atoms with E-state index in [1.807, 2.05) is 12.3 Å². The zero-order valence-electron chi connectivity index (χ0n) is 16.4. The first-order valence-electron chi connectivity index (χ1n) is 10.3. The van der Waals surface area contributed by atoms with Gasteiger partial charge in [-0.1, -0.05) is 82.7 Å². The van der Waals surface area contributed by atoms with Crippen molar-refractivity contribution in [2.75, 3.05) is 0 Å². The molecule has 0 unspecified atom stereocenters. The number of nitrogens with zero attached hydrogens (tertiary/aromatic N) is 2. The molecule has 0 aliphatic rings. The molecule has 0 spiro atoms. The second kappa shape index (κ2) is 6.22. The van der Waals surface area contributed by atoms with Crippen molar-refractivity contribution in [1.29, 1.82) is 0 Å². The highest BCUT2D eigenvalue weighted by Gasteiger charge is 2.15. The predicted molar refractivity (Wildman–Crippen MR) is 134 cm³/mol. The van der Waals surface area contributed by atoms with E-state index in [4.69, 9.17) is 4.98 Å². The molecule has 2 heterocycles. The van der Waals surface area contributed by atoms with Gasteiger partial charge in [-0.2, -0.15) is 0 Å². The summed E-state index contributed by atoms with van der Waals surface area (Å²) in [4.78, 5) is 9.72. The minimum absolute atomic E-state index is 0.947. The molecular weight excluding hydrogens is 444 g/mol. The highest BCUT2D eigenvalue weighted by atomic mass is 79.9. The van der Waals surface area contributed by atoms with Gasteiger partial charge in [0.15, 0.2) is 0 Å². The van der Waals surface area contributed by atoms with Gasteiger partial charge in [0, 0.05) is 27.0 Å². The third-order valence-electron chi connectivity index (χ3n) is 6.30. The summed E-state index contributed by atoms with van der Waals surface area (Å²) >= 11 is 3.79. The largest absolute Gasteiger partial charge is 0.254 e. The number of hydrogen-bond acceptors (Lipinski definition) is 2. The van der Waals surface area contributed by atoms with E-state index in [2.05, 4.69) is 99.8 Å². The van der Waals surface area contributed by atoms with Crippen molar-refractivity contribution in [2.24, 2.45) is 0 Å². The Balaban J connectivity index is 1.61. The lowest BCUT2D eigenvalue weighted by Gasteiger charge is -2.15. The number of rotatable bonds is 1. The van der Waals surface area contributed by atoms with Gasteiger partial charge in [0.1, 0.15) is 0 Å². The standard InChI is InChI=1S/C28H15BrN2/c29-23-15-19-4-1-3-16-8-10-21-20(11-12-22(23)26(21)25(16)19)24-13-9-18-7-6-17-5-2-14-30-27(17)28(18)31-24/h1-15H. The molecule has 7 aromatic rings. The highest BCUT2D eigenvalue weighted by Crippen LogP contribution is 2.42. The van der Waals surface area contributed by atoms with E-state index in [-0.39, 0.29) is 0 Å². The Hall–Kier alpha value is -3.56. The molecule has 144 valence electrons. The van der Waals surface area contributed by atoms with Gasteiger partial charge >= 0.3 is 0 Å². The van der Waals surface area contributed by atoms with E-state index in [0.717, 1.165) is 37.5 Å². The lowest BCUT2D eigenvalue weighted by atomic mass is 9.91. The Morgan fingerprint density at radius 2 is 1.32 bits per heavy atom. The summed E-state index contributed by atoms with van der Waals surface area (Å²) in [5, 5.41) is 9.79. The maximum Gasteiger partial charge on any atom is 0.0972 e. The van der Waals surface area contributed by atoms with Gasteiger partial charge in [-0.05, 0) is 50.5 Å². The second-order valence-corrected chi connectivity index (χ2v) is 8.85. The Morgan fingerprint density at radius 3 is 2.26 bits per heavy atom. The van der Waals surface area contributed by atoms with Crippen molar-refractivity contribution in [3.63, 3.8) is 0 Å². The van der Waals surface area contributed by atoms with Crippen LogP contribution in [0.5, 0.6) is 0 Å². The molecule has 0 saturated heterocycles. The van der Waals surface area contributed by atoms with Gasteiger partial charge in [0.2, 0.25) is 0 Å². The third-order valence-corrected chi connectivity index (χ3v) is 6.96. The normalized spacial score (nSPS) is 12.0. The second-order valence-electron chi connectivity index (χ2n) is 8.00. The topological polar surface area (TPSA) is 25.8 Å². The minimum atomic E-state index is 0.947. The fourth-order valence-corrected chi connectivity index (χ4v) is 5.46. The summed E-state index contributed by atoms with van der Waals surface area (Å²) in [7, 11) is 0. The van der Waals surface area contributed by atoms with Crippen LogP contribution in [-0.4, -0.2) is 9.97 Å². The number of halogens is 1. The first-order chi connectivity index (χ1) is 15.3. The molecular formula is C28H15BrN2. The molecule has 0 atom stereocenters. The van der Waals surface area contributed by atoms with Crippen molar-refractivity contribution in [3.8, 4) is 11.3 Å². The monoisotopic (exact) mass is 458 g/mol. The quantitative estimate of drug-likeness (QED) is 0.232. The van der Waals surface area contributed by atoms with Gasteiger partial charge in [-0.3, -0.25) is 4.98 Å². The van der Waals surface area contributed by atoms with Crippen LogP contribution in [0.15, 0.2) is 95.6 Å². The smallest absolute Gasteiger partial charge is 0.0972 e. The molecule has 0 aliphatic carbocycles. The summed E-state index contributed by atoms with van der Waals surface area (Å²) in [5.74, 6) is 0. The van der Waals surface area contributed by atoms with Gasteiger partial charge < -0.3 is 0 Å². The predicted octanol–water partition coefficient (Wildman–Crippen LogP) is 8.11. The first-order valence-corrected chi connectivity index (χ1v) is 11.1. The van der Waals surface area contributed by atoms with Crippen molar-refractivity contribution < 1.29 is 0 Å². The third kappa shape index (κ3) is 2.38. The van der Waals surface area contributed by atoms with Crippen LogP contribution in [0.25, 0.3) is 65.4 Å². The summed E-state index contributed by atoms with van der Waals surface area (Å²) in [5.41, 5.74) is 4.01. The summed E-state index contributed by atoms with van der Waals surface area (Å²) in [6.45, 7) is 0. The number of aromatic nitrogens is 2. The zero-order valence-corrected chi connectivity index (χ0v) is 18.0. The summed E-state index contributed by atoms with van der Waals surface area (Å²) in [6, 6.07) is 30.1. The molecule has 2 aromatic heterocycles. The zero-order chi connectivity index (χ0) is 20.5. The van der Waals surface area contributed by atoms with Crippen LogP contribution in [0.3, 0.4) is 0 Å². The molecule has 0 aliphatic heterocycles. The Kier molecular flexibility index (Phi) is 3.44. The van der Waals surface area contributed by atoms with E-state index in [9.17, 15) is 0 Å². The van der Waals surface area contributed by atoms with Gasteiger partial charge in [-0.25, -0.2) is 4.98 Å². The minimum Gasteiger partial charge on any atom is -0.254 e. The molecule has 5 aromatic carbocycles. The van der Waals surface area contributed by atoms with Crippen LogP contribution in [0.2, 0.25) is 0 Å². The maximum absolute atomic E-state index is 5.10. The van der Waals surface area contributed by atoms with Crippen molar-refractivity contribution >= 4 is 70.1 Å².